The summed E-state index contributed by atoms with van der Waals surface area (Å²) in [5.74, 6) is -2.40. The fourth-order valence-corrected chi connectivity index (χ4v) is 5.07. The molecule has 0 spiro atoms. The van der Waals surface area contributed by atoms with E-state index in [1.54, 1.807) is 0 Å². The summed E-state index contributed by atoms with van der Waals surface area (Å²) < 4.78 is 32.3. The van der Waals surface area contributed by atoms with Gasteiger partial charge in [0.2, 0.25) is 0 Å². The van der Waals surface area contributed by atoms with Crippen molar-refractivity contribution in [1.29, 1.82) is 0 Å². The lowest BCUT2D eigenvalue weighted by Crippen LogP contribution is -2.34. The van der Waals surface area contributed by atoms with Crippen molar-refractivity contribution in [3.05, 3.63) is 12.2 Å². The molecule has 12 heteroatoms. The summed E-state index contributed by atoms with van der Waals surface area (Å²) in [6, 6.07) is -1.52. The number of carbonyl (C=O) groups excluding carboxylic acids is 2. The molecule has 0 fully saturated rings. The molecule has 0 aliphatic rings. The average Bonchev–Trinajstić information content (AvgIpc) is 2.99. The van der Waals surface area contributed by atoms with Gasteiger partial charge in [0, 0.05) is 12.8 Å². The minimum Gasteiger partial charge on any atom is -0.480 e. The zero-order valence-electron chi connectivity index (χ0n) is 27.3. The summed E-state index contributed by atoms with van der Waals surface area (Å²) in [5.41, 5.74) is 5.29. The summed E-state index contributed by atoms with van der Waals surface area (Å²) >= 11 is 0. The lowest BCUT2D eigenvalue weighted by molar-refractivity contribution is -0.161. The fourth-order valence-electron chi connectivity index (χ4n) is 4.29. The Bertz CT molecular complexity index is 823. The third kappa shape index (κ3) is 27.7. The smallest absolute Gasteiger partial charge is 0.472 e. The van der Waals surface area contributed by atoms with Crippen LogP contribution in [0.4, 0.5) is 0 Å². The first kappa shape index (κ1) is 42.2. The quantitative estimate of drug-likeness (QED) is 0.0296. The standard InChI is InChI=1S/C32H60NO10P/c1-3-5-7-9-11-13-14-15-16-18-20-22-24-31(35)43-28(26-41-44(38,39)42-27-29(33)32(36)37)25-40-30(34)23-21-19-17-12-10-8-6-4-2/h11,13,28-29H,3-10,12,14-27,33H2,1-2H3,(H,36,37)(H,38,39)/b13-11+/t28-,29+/m1/s1. The van der Waals surface area contributed by atoms with Gasteiger partial charge in [-0.1, -0.05) is 103 Å². The first-order valence-electron chi connectivity index (χ1n) is 16.7. The molecule has 0 aliphatic heterocycles. The van der Waals surface area contributed by atoms with Crippen LogP contribution in [0.25, 0.3) is 0 Å². The number of aliphatic carboxylic acids is 1. The zero-order chi connectivity index (χ0) is 32.9. The maximum Gasteiger partial charge on any atom is 0.472 e. The van der Waals surface area contributed by atoms with Crippen LogP contribution in [-0.4, -0.2) is 59.9 Å². The van der Waals surface area contributed by atoms with E-state index in [1.807, 2.05) is 0 Å². The van der Waals surface area contributed by atoms with E-state index >= 15 is 0 Å². The largest absolute Gasteiger partial charge is 0.480 e. The molecule has 0 bridgehead atoms. The molecule has 3 atom stereocenters. The number of ether oxygens (including phenoxy) is 2. The average molecular weight is 650 g/mol. The fraction of sp³-hybridized carbons (Fsp3) is 0.844. The second-order valence-electron chi connectivity index (χ2n) is 11.3. The van der Waals surface area contributed by atoms with E-state index in [2.05, 4.69) is 30.5 Å². The molecule has 4 N–H and O–H groups in total. The molecule has 0 aromatic rings. The predicted molar refractivity (Wildman–Crippen MR) is 171 cm³/mol. The topological polar surface area (TPSA) is 172 Å². The van der Waals surface area contributed by atoms with E-state index in [1.165, 1.54) is 44.9 Å². The van der Waals surface area contributed by atoms with Crippen molar-refractivity contribution in [2.24, 2.45) is 5.73 Å². The number of phosphoric ester groups is 1. The number of nitrogens with two attached hydrogens (primary N) is 1. The van der Waals surface area contributed by atoms with Crippen LogP contribution in [0.3, 0.4) is 0 Å². The number of allylic oxidation sites excluding steroid dienone is 2. The van der Waals surface area contributed by atoms with Crippen molar-refractivity contribution in [3.63, 3.8) is 0 Å². The predicted octanol–water partition coefficient (Wildman–Crippen LogP) is 7.38. The van der Waals surface area contributed by atoms with E-state index < -0.39 is 51.1 Å². The molecule has 0 saturated heterocycles. The van der Waals surface area contributed by atoms with Gasteiger partial charge in [0.15, 0.2) is 6.10 Å². The Morgan fingerprint density at radius 2 is 1.14 bits per heavy atom. The van der Waals surface area contributed by atoms with Gasteiger partial charge in [-0.15, -0.1) is 0 Å². The molecule has 0 aromatic carbocycles. The molecule has 0 heterocycles. The molecule has 11 nitrogen and oxygen atoms in total. The minimum absolute atomic E-state index is 0.154. The Morgan fingerprint density at radius 1 is 0.682 bits per heavy atom. The number of hydrogen-bond acceptors (Lipinski definition) is 9. The third-order valence-corrected chi connectivity index (χ3v) is 7.96. The molecule has 0 amide bonds. The molecular weight excluding hydrogens is 589 g/mol. The molecule has 0 saturated carbocycles. The first-order chi connectivity index (χ1) is 21.1. The number of carboxylic acids is 1. The number of rotatable bonds is 31. The molecule has 0 rings (SSSR count). The van der Waals surface area contributed by atoms with Crippen LogP contribution in [0.1, 0.15) is 142 Å². The van der Waals surface area contributed by atoms with Crippen molar-refractivity contribution in [1.82, 2.24) is 0 Å². The van der Waals surface area contributed by atoms with Gasteiger partial charge in [-0.25, -0.2) is 4.57 Å². The van der Waals surface area contributed by atoms with Crippen LogP contribution in [0.15, 0.2) is 12.2 Å². The van der Waals surface area contributed by atoms with Gasteiger partial charge in [-0.2, -0.15) is 0 Å². The SMILES string of the molecule is CCCCC/C=C/CCCCCCCC(=O)O[C@H](COC(=O)CCCCCCCCCC)COP(=O)(O)OC[C@H](N)C(=O)O. The lowest BCUT2D eigenvalue weighted by atomic mass is 10.1. The van der Waals surface area contributed by atoms with Crippen molar-refractivity contribution < 1.29 is 47.5 Å². The Kier molecular flexibility index (Phi) is 27.5. The number of esters is 2. The van der Waals surface area contributed by atoms with Crippen LogP contribution in [-0.2, 0) is 37.5 Å². The summed E-state index contributed by atoms with van der Waals surface area (Å²) in [6.45, 7) is 2.69. The number of carboxylic acid groups (broad SMARTS) is 1. The third-order valence-electron chi connectivity index (χ3n) is 7.01. The monoisotopic (exact) mass is 649 g/mol. The Balaban J connectivity index is 4.52. The van der Waals surface area contributed by atoms with Crippen molar-refractivity contribution >= 4 is 25.7 Å². The number of phosphoric acid groups is 1. The summed E-state index contributed by atoms with van der Waals surface area (Å²) in [4.78, 5) is 45.4. The molecule has 44 heavy (non-hydrogen) atoms. The van der Waals surface area contributed by atoms with Gasteiger partial charge in [0.05, 0.1) is 13.2 Å². The van der Waals surface area contributed by atoms with Crippen molar-refractivity contribution in [2.45, 2.75) is 154 Å². The summed E-state index contributed by atoms with van der Waals surface area (Å²) in [7, 11) is -4.70. The van der Waals surface area contributed by atoms with Gasteiger partial charge < -0.3 is 25.2 Å². The normalized spacial score (nSPS) is 14.3. The first-order valence-corrected chi connectivity index (χ1v) is 18.2. The Morgan fingerprint density at radius 3 is 1.70 bits per heavy atom. The highest BCUT2D eigenvalue weighted by atomic mass is 31.2. The highest BCUT2D eigenvalue weighted by molar-refractivity contribution is 7.47. The molecular formula is C32H60NO10P. The lowest BCUT2D eigenvalue weighted by Gasteiger charge is -2.20. The van der Waals surface area contributed by atoms with Gasteiger partial charge in [-0.05, 0) is 38.5 Å². The maximum absolute atomic E-state index is 12.5. The van der Waals surface area contributed by atoms with Crippen LogP contribution in [0.2, 0.25) is 0 Å². The summed E-state index contributed by atoms with van der Waals surface area (Å²) in [5, 5.41) is 8.81. The minimum atomic E-state index is -4.70. The van der Waals surface area contributed by atoms with E-state index in [-0.39, 0.29) is 19.4 Å². The number of unbranched alkanes of at least 4 members (excludes halogenated alkanes) is 15. The second kappa shape index (κ2) is 28.7. The van der Waals surface area contributed by atoms with E-state index in [9.17, 15) is 23.8 Å². The Labute approximate surface area is 265 Å². The maximum atomic E-state index is 12.5. The van der Waals surface area contributed by atoms with E-state index in [0.29, 0.717) is 12.8 Å². The van der Waals surface area contributed by atoms with Gasteiger partial charge in [0.25, 0.3) is 0 Å². The molecule has 0 aromatic heterocycles. The Hall–Kier alpha value is -1.78. The van der Waals surface area contributed by atoms with Crippen LogP contribution in [0.5, 0.6) is 0 Å². The van der Waals surface area contributed by atoms with Gasteiger partial charge in [0.1, 0.15) is 12.6 Å². The highest BCUT2D eigenvalue weighted by Gasteiger charge is 2.28. The van der Waals surface area contributed by atoms with Crippen LogP contribution < -0.4 is 5.73 Å². The molecule has 1 unspecified atom stereocenters. The zero-order valence-corrected chi connectivity index (χ0v) is 28.2. The molecule has 258 valence electrons. The van der Waals surface area contributed by atoms with E-state index in [0.717, 1.165) is 57.8 Å². The van der Waals surface area contributed by atoms with Crippen LogP contribution in [0, 0.1) is 0 Å². The number of carbonyl (C=O) groups is 3. The molecule has 0 aliphatic carbocycles. The number of hydrogen-bond donors (Lipinski definition) is 3. The van der Waals surface area contributed by atoms with Crippen molar-refractivity contribution in [3.8, 4) is 0 Å². The molecule has 0 radical (unpaired) electrons. The summed E-state index contributed by atoms with van der Waals surface area (Å²) in [6.07, 6.45) is 23.1. The highest BCUT2D eigenvalue weighted by Crippen LogP contribution is 2.43. The van der Waals surface area contributed by atoms with Gasteiger partial charge >= 0.3 is 25.7 Å². The van der Waals surface area contributed by atoms with Gasteiger partial charge in [-0.3, -0.25) is 23.4 Å². The van der Waals surface area contributed by atoms with Crippen molar-refractivity contribution in [2.75, 3.05) is 19.8 Å². The van der Waals surface area contributed by atoms with E-state index in [4.69, 9.17) is 24.8 Å². The van der Waals surface area contributed by atoms with Crippen LogP contribution >= 0.6 is 7.82 Å². The second-order valence-corrected chi connectivity index (χ2v) is 12.8.